The second-order valence-corrected chi connectivity index (χ2v) is 10.5. The van der Waals surface area contributed by atoms with Crippen LogP contribution in [-0.2, 0) is 14.3 Å². The average Bonchev–Trinajstić information content (AvgIpc) is 2.84. The van der Waals surface area contributed by atoms with E-state index in [1.807, 2.05) is 23.3 Å². The minimum Gasteiger partial charge on any atom is -0.493 e. The van der Waals surface area contributed by atoms with Gasteiger partial charge in [-0.2, -0.15) is 11.8 Å². The number of anilines is 2. The van der Waals surface area contributed by atoms with Gasteiger partial charge in [0.15, 0.2) is 11.5 Å². The number of methoxy groups -OCH3 is 1. The van der Waals surface area contributed by atoms with Crippen LogP contribution in [0.4, 0.5) is 11.4 Å². The van der Waals surface area contributed by atoms with Gasteiger partial charge in [-0.3, -0.25) is 9.59 Å². The van der Waals surface area contributed by atoms with E-state index in [-0.39, 0.29) is 12.2 Å². The average molecular weight is 528 g/mol. The molecule has 1 heterocycles. The van der Waals surface area contributed by atoms with E-state index in [0.29, 0.717) is 34.9 Å². The molecule has 0 bridgehead atoms. The predicted molar refractivity (Wildman–Crippen MR) is 146 cm³/mol. The maximum atomic E-state index is 13.2. The van der Waals surface area contributed by atoms with E-state index in [2.05, 4.69) is 0 Å². The third-order valence-electron chi connectivity index (χ3n) is 5.57. The Labute approximate surface area is 220 Å². The van der Waals surface area contributed by atoms with Gasteiger partial charge in [0.1, 0.15) is 11.2 Å². The second kappa shape index (κ2) is 12.2. The van der Waals surface area contributed by atoms with E-state index in [9.17, 15) is 14.4 Å². The molecule has 0 aliphatic heterocycles. The third kappa shape index (κ3) is 7.52. The summed E-state index contributed by atoms with van der Waals surface area (Å²) in [6, 6.07) is 13.8. The van der Waals surface area contributed by atoms with E-state index >= 15 is 0 Å². The molecule has 1 unspecified atom stereocenters. The SMILES string of the molecule is COc1ccc(N(C)c2cc(=O)oc3ccccc23)cc1OC(=O)C(CCSC)CC(=O)OC(C)(C)C. The van der Waals surface area contributed by atoms with Crippen LogP contribution in [0.3, 0.4) is 0 Å². The van der Waals surface area contributed by atoms with Gasteiger partial charge in [0, 0.05) is 30.3 Å². The Hall–Kier alpha value is -3.46. The number of ether oxygens (including phenoxy) is 3. The van der Waals surface area contributed by atoms with Crippen molar-refractivity contribution in [1.82, 2.24) is 0 Å². The normalized spacial score (nSPS) is 12.2. The Bertz CT molecular complexity index is 1310. The lowest BCUT2D eigenvalue weighted by Gasteiger charge is -2.23. The van der Waals surface area contributed by atoms with Crippen molar-refractivity contribution in [2.75, 3.05) is 31.1 Å². The number of para-hydroxylation sites is 1. The van der Waals surface area contributed by atoms with E-state index in [0.717, 1.165) is 5.39 Å². The monoisotopic (exact) mass is 527 g/mol. The van der Waals surface area contributed by atoms with Crippen molar-refractivity contribution in [3.05, 3.63) is 59.0 Å². The molecular formula is C28H33NO7S. The van der Waals surface area contributed by atoms with E-state index in [1.165, 1.54) is 13.2 Å². The number of rotatable bonds is 10. The van der Waals surface area contributed by atoms with E-state index < -0.39 is 29.1 Å². The number of hydrogen-bond acceptors (Lipinski definition) is 9. The van der Waals surface area contributed by atoms with Crippen LogP contribution >= 0.6 is 11.8 Å². The maximum absolute atomic E-state index is 13.2. The molecule has 0 spiro atoms. The Morgan fingerprint density at radius 3 is 2.49 bits per heavy atom. The first kappa shape index (κ1) is 28.1. The largest absolute Gasteiger partial charge is 0.493 e. The molecule has 0 saturated carbocycles. The molecule has 1 aromatic heterocycles. The van der Waals surface area contributed by atoms with Crippen molar-refractivity contribution in [3.8, 4) is 11.5 Å². The highest BCUT2D eigenvalue weighted by molar-refractivity contribution is 7.98. The number of thioether (sulfide) groups is 1. The first-order chi connectivity index (χ1) is 17.5. The number of carbonyl (C=O) groups is 2. The molecule has 0 saturated heterocycles. The van der Waals surface area contributed by atoms with Crippen LogP contribution in [0.2, 0.25) is 0 Å². The summed E-state index contributed by atoms with van der Waals surface area (Å²) in [5.74, 6) is -0.399. The molecule has 9 heteroatoms. The molecule has 0 amide bonds. The Balaban J connectivity index is 1.90. The minimum atomic E-state index is -0.670. The van der Waals surface area contributed by atoms with Crippen molar-refractivity contribution < 1.29 is 28.2 Å². The van der Waals surface area contributed by atoms with Gasteiger partial charge in [-0.05, 0) is 63.5 Å². The highest BCUT2D eigenvalue weighted by atomic mass is 32.2. The first-order valence-electron chi connectivity index (χ1n) is 11.9. The number of carbonyl (C=O) groups excluding carboxylic acids is 2. The van der Waals surface area contributed by atoms with Crippen LogP contribution in [0.1, 0.15) is 33.6 Å². The van der Waals surface area contributed by atoms with E-state index in [1.54, 1.807) is 69.9 Å². The topological polar surface area (TPSA) is 95.3 Å². The smallest absolute Gasteiger partial charge is 0.338 e. The predicted octanol–water partition coefficient (Wildman–Crippen LogP) is 5.58. The number of benzene rings is 2. The molecule has 198 valence electrons. The van der Waals surface area contributed by atoms with Gasteiger partial charge in [0.25, 0.3) is 0 Å². The fraction of sp³-hybridized carbons (Fsp3) is 0.393. The van der Waals surface area contributed by atoms with Crippen LogP contribution in [0, 0.1) is 5.92 Å². The minimum absolute atomic E-state index is 0.0790. The number of nitrogens with zero attached hydrogens (tertiary/aromatic N) is 1. The summed E-state index contributed by atoms with van der Waals surface area (Å²) in [6.07, 6.45) is 2.32. The van der Waals surface area contributed by atoms with Crippen LogP contribution < -0.4 is 20.0 Å². The van der Waals surface area contributed by atoms with Gasteiger partial charge in [-0.1, -0.05) is 12.1 Å². The lowest BCUT2D eigenvalue weighted by molar-refractivity contribution is -0.159. The summed E-state index contributed by atoms with van der Waals surface area (Å²) >= 11 is 1.58. The zero-order chi connectivity index (χ0) is 27.2. The molecule has 0 aliphatic carbocycles. The molecule has 0 fully saturated rings. The lowest BCUT2D eigenvalue weighted by Crippen LogP contribution is -2.29. The quantitative estimate of drug-likeness (QED) is 0.190. The standard InChI is InChI=1S/C28H33NO7S/c1-28(2,3)36-26(31)15-18(13-14-37-6)27(32)35-24-16-19(11-12-23(24)33-5)29(4)21-17-25(30)34-22-10-8-7-9-20(21)22/h7-12,16-18H,13-15H2,1-6H3. The third-order valence-corrected chi connectivity index (χ3v) is 6.22. The highest BCUT2D eigenvalue weighted by Crippen LogP contribution is 2.36. The molecule has 8 nitrogen and oxygen atoms in total. The molecule has 0 radical (unpaired) electrons. The molecule has 37 heavy (non-hydrogen) atoms. The zero-order valence-corrected chi connectivity index (χ0v) is 22.8. The summed E-state index contributed by atoms with van der Waals surface area (Å²) in [5.41, 5.74) is 0.644. The van der Waals surface area contributed by atoms with Gasteiger partial charge in [0.05, 0.1) is 25.1 Å². The zero-order valence-electron chi connectivity index (χ0n) is 22.0. The molecule has 0 N–H and O–H groups in total. The summed E-state index contributed by atoms with van der Waals surface area (Å²) < 4.78 is 21.9. The fourth-order valence-corrected chi connectivity index (χ4v) is 4.32. The van der Waals surface area contributed by atoms with Crippen molar-refractivity contribution in [2.45, 2.75) is 39.2 Å². The van der Waals surface area contributed by atoms with Crippen molar-refractivity contribution in [1.29, 1.82) is 0 Å². The molecule has 1 atom stereocenters. The lowest BCUT2D eigenvalue weighted by atomic mass is 10.0. The summed E-state index contributed by atoms with van der Waals surface area (Å²) in [6.45, 7) is 5.35. The van der Waals surface area contributed by atoms with Crippen molar-refractivity contribution in [2.24, 2.45) is 5.92 Å². The van der Waals surface area contributed by atoms with Gasteiger partial charge in [-0.25, -0.2) is 4.79 Å². The summed E-state index contributed by atoms with van der Waals surface area (Å²) in [7, 11) is 3.29. The van der Waals surface area contributed by atoms with Gasteiger partial charge in [-0.15, -0.1) is 0 Å². The number of fused-ring (bicyclic) bond motifs is 1. The first-order valence-corrected chi connectivity index (χ1v) is 13.3. The van der Waals surface area contributed by atoms with Crippen molar-refractivity contribution in [3.63, 3.8) is 0 Å². The molecule has 2 aromatic carbocycles. The number of esters is 2. The van der Waals surface area contributed by atoms with Crippen LogP contribution in [-0.4, -0.2) is 43.7 Å². The molecular weight excluding hydrogens is 494 g/mol. The Morgan fingerprint density at radius 2 is 1.81 bits per heavy atom. The highest BCUT2D eigenvalue weighted by Gasteiger charge is 2.28. The summed E-state index contributed by atoms with van der Waals surface area (Å²) in [4.78, 5) is 39.6. The second-order valence-electron chi connectivity index (χ2n) is 9.53. The summed E-state index contributed by atoms with van der Waals surface area (Å²) in [5, 5.41) is 0.758. The Kier molecular flexibility index (Phi) is 9.26. The van der Waals surface area contributed by atoms with Crippen molar-refractivity contribution >= 4 is 46.0 Å². The van der Waals surface area contributed by atoms with Crippen LogP contribution in [0.15, 0.2) is 57.7 Å². The van der Waals surface area contributed by atoms with Crippen LogP contribution in [0.5, 0.6) is 11.5 Å². The maximum Gasteiger partial charge on any atom is 0.338 e. The molecule has 3 aromatic rings. The number of hydrogen-bond donors (Lipinski definition) is 0. The Morgan fingerprint density at radius 1 is 1.08 bits per heavy atom. The molecule has 3 rings (SSSR count). The van der Waals surface area contributed by atoms with Gasteiger partial charge < -0.3 is 23.5 Å². The van der Waals surface area contributed by atoms with E-state index in [4.69, 9.17) is 18.6 Å². The molecule has 0 aliphatic rings. The van der Waals surface area contributed by atoms with Gasteiger partial charge in [0.2, 0.25) is 0 Å². The van der Waals surface area contributed by atoms with Crippen LogP contribution in [0.25, 0.3) is 11.0 Å². The fourth-order valence-electron chi connectivity index (χ4n) is 3.80. The van der Waals surface area contributed by atoms with Gasteiger partial charge >= 0.3 is 17.6 Å².